The molecule has 0 aromatic rings. The Bertz CT molecular complexity index is 614. The van der Waals surface area contributed by atoms with Crippen LogP contribution >= 0.6 is 0 Å². The molecule has 0 atom stereocenters. The smallest absolute Gasteiger partial charge is 1.00 e. The van der Waals surface area contributed by atoms with Gasteiger partial charge in [0.15, 0.2) is 16.6 Å². The first-order valence-electron chi connectivity index (χ1n) is 10.3. The summed E-state index contributed by atoms with van der Waals surface area (Å²) in [5, 5.41) is 0. The van der Waals surface area contributed by atoms with Crippen LogP contribution in [0.15, 0.2) is 34.4 Å². The first kappa shape index (κ1) is 33.0. The maximum atomic E-state index is 6.09. The molecule has 0 aliphatic heterocycles. The average molecular weight is 565 g/mol. The molecular formula is C23H38Cl2O2Si2Zr. The topological polar surface area (TPSA) is 18.5 Å². The molecule has 7 heteroatoms. The van der Waals surface area contributed by atoms with Gasteiger partial charge in [-0.2, -0.15) is 12.2 Å². The van der Waals surface area contributed by atoms with Crippen molar-refractivity contribution in [3.8, 4) is 0 Å². The second-order valence-corrected chi connectivity index (χ2v) is 19.0. The molecule has 168 valence electrons. The van der Waals surface area contributed by atoms with Crippen LogP contribution in [0.2, 0.25) is 39.3 Å². The number of allylic oxidation sites excluding steroid dienone is 6. The van der Waals surface area contributed by atoms with Crippen molar-refractivity contribution in [2.24, 2.45) is 5.41 Å². The third-order valence-corrected chi connectivity index (χ3v) is 7.15. The fraction of sp³-hybridized carbons (Fsp3) is 0.652. The molecule has 0 heterocycles. The maximum absolute atomic E-state index is 6.09. The fourth-order valence-corrected chi connectivity index (χ4v) is 5.19. The standard InChI is InChI=1S/C23H38O2Si2.2ClH.Zr/c1-23(2,21-13-9-11-19(21)15-17-24-26(3,4)5)22-14-10-12-20(22)16-18-25-27(6,7)8;;;/h13-14H,9-10,15-18H2,1-8H3;2*1H;/q-2;;;+4/p-2. The Morgan fingerprint density at radius 1 is 0.767 bits per heavy atom. The molecule has 2 rings (SSSR count). The van der Waals surface area contributed by atoms with Crippen LogP contribution < -0.4 is 24.8 Å². The predicted molar refractivity (Wildman–Crippen MR) is 121 cm³/mol. The number of halogens is 2. The third-order valence-electron chi connectivity index (χ3n) is 5.01. The van der Waals surface area contributed by atoms with Crippen molar-refractivity contribution < 1.29 is 59.9 Å². The van der Waals surface area contributed by atoms with E-state index in [0.29, 0.717) is 0 Å². The minimum absolute atomic E-state index is 0. The normalized spacial score (nSPS) is 16.5. The summed E-state index contributed by atoms with van der Waals surface area (Å²) >= 11 is 0. The zero-order chi connectivity index (χ0) is 20.3. The first-order chi connectivity index (χ1) is 12.4. The largest absolute Gasteiger partial charge is 4.00 e. The molecule has 0 bridgehead atoms. The van der Waals surface area contributed by atoms with Crippen molar-refractivity contribution in [2.45, 2.75) is 78.8 Å². The number of hydrogen-bond acceptors (Lipinski definition) is 2. The van der Waals surface area contributed by atoms with E-state index in [9.17, 15) is 0 Å². The summed E-state index contributed by atoms with van der Waals surface area (Å²) in [5.41, 5.74) is 5.56. The summed E-state index contributed by atoms with van der Waals surface area (Å²) in [6.07, 6.45) is 15.7. The van der Waals surface area contributed by atoms with Gasteiger partial charge in [0.2, 0.25) is 0 Å². The molecule has 0 aromatic carbocycles. The molecule has 0 unspecified atom stereocenters. The van der Waals surface area contributed by atoms with Crippen molar-refractivity contribution in [2.75, 3.05) is 13.2 Å². The molecule has 0 N–H and O–H groups in total. The van der Waals surface area contributed by atoms with Crippen LogP contribution in [0.5, 0.6) is 0 Å². The van der Waals surface area contributed by atoms with Crippen LogP contribution in [0.4, 0.5) is 0 Å². The monoisotopic (exact) mass is 562 g/mol. The van der Waals surface area contributed by atoms with Crippen LogP contribution in [0.25, 0.3) is 0 Å². The van der Waals surface area contributed by atoms with Gasteiger partial charge in [-0.3, -0.25) is 12.2 Å². The Hall–Kier alpha value is 0.777. The van der Waals surface area contributed by atoms with Gasteiger partial charge in [0, 0.05) is 13.2 Å². The Morgan fingerprint density at radius 3 is 1.40 bits per heavy atom. The van der Waals surface area contributed by atoms with Gasteiger partial charge >= 0.3 is 26.2 Å². The van der Waals surface area contributed by atoms with Crippen molar-refractivity contribution >= 4 is 16.6 Å². The minimum atomic E-state index is -1.46. The average Bonchev–Trinajstić information content (AvgIpc) is 3.14. The van der Waals surface area contributed by atoms with E-state index in [-0.39, 0.29) is 56.4 Å². The molecule has 0 saturated carbocycles. The van der Waals surface area contributed by atoms with E-state index in [1.165, 1.54) is 22.3 Å². The van der Waals surface area contributed by atoms with Crippen molar-refractivity contribution in [3.63, 3.8) is 0 Å². The molecule has 2 nitrogen and oxygen atoms in total. The van der Waals surface area contributed by atoms with Crippen LogP contribution in [-0.4, -0.2) is 29.8 Å². The van der Waals surface area contributed by atoms with E-state index in [4.69, 9.17) is 8.85 Å². The SMILES string of the molecule is CC(C)(C1=CC[C-]=C1CCO[Si](C)(C)C)C1=CC[C-]=C1CCO[Si](C)(C)C.[Cl-].[Cl-].[Zr+4]. The second kappa shape index (κ2) is 13.5. The zero-order valence-electron chi connectivity index (χ0n) is 20.0. The second-order valence-electron chi connectivity index (χ2n) is 10.0. The van der Waals surface area contributed by atoms with Gasteiger partial charge in [-0.25, -0.2) is 22.3 Å². The van der Waals surface area contributed by atoms with E-state index in [0.717, 1.165) is 38.9 Å². The summed E-state index contributed by atoms with van der Waals surface area (Å²) in [5.74, 6) is 0. The van der Waals surface area contributed by atoms with Crippen molar-refractivity contribution in [3.05, 3.63) is 46.6 Å². The molecule has 0 saturated heterocycles. The van der Waals surface area contributed by atoms with Crippen molar-refractivity contribution in [1.29, 1.82) is 0 Å². The fourth-order valence-electron chi connectivity index (χ4n) is 3.76. The summed E-state index contributed by atoms with van der Waals surface area (Å²) in [7, 11) is -2.92. The molecular weight excluding hydrogens is 527 g/mol. The Labute approximate surface area is 219 Å². The Morgan fingerprint density at radius 2 is 1.10 bits per heavy atom. The van der Waals surface area contributed by atoms with Gasteiger partial charge in [0.1, 0.15) is 0 Å². The van der Waals surface area contributed by atoms with E-state index in [1.807, 2.05) is 0 Å². The Balaban J connectivity index is 0. The Kier molecular flexibility index (Phi) is 14.8. The van der Waals surface area contributed by atoms with Gasteiger partial charge < -0.3 is 33.7 Å². The number of rotatable bonds is 10. The summed E-state index contributed by atoms with van der Waals surface area (Å²) < 4.78 is 12.2. The molecule has 0 aromatic heterocycles. The zero-order valence-corrected chi connectivity index (χ0v) is 25.9. The van der Waals surface area contributed by atoms with Crippen LogP contribution in [0.1, 0.15) is 39.5 Å². The van der Waals surface area contributed by atoms with E-state index < -0.39 is 16.6 Å². The van der Waals surface area contributed by atoms with E-state index in [1.54, 1.807) is 0 Å². The van der Waals surface area contributed by atoms with Gasteiger partial charge in [-0.15, -0.1) is 18.3 Å². The molecule has 0 fully saturated rings. The summed E-state index contributed by atoms with van der Waals surface area (Å²) in [4.78, 5) is 0. The van der Waals surface area contributed by atoms with Gasteiger partial charge in [-0.1, -0.05) is 13.8 Å². The van der Waals surface area contributed by atoms with Crippen LogP contribution in [0, 0.1) is 17.6 Å². The van der Waals surface area contributed by atoms with E-state index in [2.05, 4.69) is 77.4 Å². The maximum Gasteiger partial charge on any atom is 4.00 e. The van der Waals surface area contributed by atoms with Crippen LogP contribution in [-0.2, 0) is 35.1 Å². The summed E-state index contributed by atoms with van der Waals surface area (Å²) in [6, 6.07) is 0. The van der Waals surface area contributed by atoms with Crippen LogP contribution in [0.3, 0.4) is 0 Å². The molecule has 2 aliphatic rings. The molecule has 0 spiro atoms. The van der Waals surface area contributed by atoms with E-state index >= 15 is 0 Å². The van der Waals surface area contributed by atoms with Gasteiger partial charge in [0.25, 0.3) is 0 Å². The third kappa shape index (κ3) is 10.1. The molecule has 0 radical (unpaired) electrons. The minimum Gasteiger partial charge on any atom is -1.00 e. The number of hydrogen-bond donors (Lipinski definition) is 0. The van der Waals surface area contributed by atoms with Gasteiger partial charge in [0.05, 0.1) is 0 Å². The first-order valence-corrected chi connectivity index (χ1v) is 17.1. The molecule has 0 amide bonds. The summed E-state index contributed by atoms with van der Waals surface area (Å²) in [6.45, 7) is 19.8. The molecule has 2 aliphatic carbocycles. The quantitative estimate of drug-likeness (QED) is 0.286. The van der Waals surface area contributed by atoms with Gasteiger partial charge in [-0.05, 0) is 52.1 Å². The predicted octanol–water partition coefficient (Wildman–Crippen LogP) is 0.621. The van der Waals surface area contributed by atoms with Crippen molar-refractivity contribution in [1.82, 2.24) is 0 Å². The molecule has 30 heavy (non-hydrogen) atoms.